The molecule has 96 valence electrons. The average Bonchev–Trinajstić information content (AvgIpc) is 2.92. The van der Waals surface area contributed by atoms with Crippen LogP contribution in [-0.2, 0) is 11.3 Å². The second kappa shape index (κ2) is 6.36. The van der Waals surface area contributed by atoms with E-state index in [1.807, 2.05) is 35.2 Å². The molecule has 0 atom stereocenters. The van der Waals surface area contributed by atoms with E-state index in [1.165, 1.54) is 0 Å². The van der Waals surface area contributed by atoms with Crippen molar-refractivity contribution in [2.75, 3.05) is 13.1 Å². The summed E-state index contributed by atoms with van der Waals surface area (Å²) in [5.41, 5.74) is 6.77. The van der Waals surface area contributed by atoms with Gasteiger partial charge in [0.25, 0.3) is 0 Å². The van der Waals surface area contributed by atoms with Gasteiger partial charge in [-0.3, -0.25) is 4.79 Å². The molecule has 0 radical (unpaired) electrons. The largest absolute Gasteiger partial charge is 0.337 e. The molecule has 1 aromatic carbocycles. The maximum absolute atomic E-state index is 12.4. The van der Waals surface area contributed by atoms with Gasteiger partial charge in [-0.05, 0) is 18.4 Å². The van der Waals surface area contributed by atoms with E-state index >= 15 is 0 Å². The van der Waals surface area contributed by atoms with Gasteiger partial charge in [0.1, 0.15) is 0 Å². The molecule has 2 rings (SSSR count). The highest BCUT2D eigenvalue weighted by Crippen LogP contribution is 2.21. The van der Waals surface area contributed by atoms with Crippen molar-refractivity contribution in [2.45, 2.75) is 19.4 Å². The number of hydrogen-bond donors (Lipinski definition) is 1. The van der Waals surface area contributed by atoms with Crippen molar-refractivity contribution in [3.05, 3.63) is 48.0 Å². The third-order valence-electron chi connectivity index (χ3n) is 3.28. The Bertz CT molecular complexity index is 406. The summed E-state index contributed by atoms with van der Waals surface area (Å²) in [6.07, 6.45) is 5.92. The molecule has 0 fully saturated rings. The topological polar surface area (TPSA) is 46.3 Å². The van der Waals surface area contributed by atoms with Crippen LogP contribution >= 0.6 is 0 Å². The molecule has 18 heavy (non-hydrogen) atoms. The molecular formula is C15H20N2O. The lowest BCUT2D eigenvalue weighted by Crippen LogP contribution is -2.38. The maximum Gasteiger partial charge on any atom is 0.226 e. The lowest BCUT2D eigenvalue weighted by atomic mass is 10.1. The first-order valence-corrected chi connectivity index (χ1v) is 6.49. The number of rotatable bonds is 5. The molecule has 0 saturated heterocycles. The van der Waals surface area contributed by atoms with Crippen LogP contribution in [0.3, 0.4) is 0 Å². The molecule has 1 aliphatic rings. The van der Waals surface area contributed by atoms with E-state index in [0.717, 1.165) is 18.4 Å². The molecular weight excluding hydrogens is 224 g/mol. The zero-order valence-electron chi connectivity index (χ0n) is 10.6. The van der Waals surface area contributed by atoms with Crippen LogP contribution in [0.5, 0.6) is 0 Å². The predicted molar refractivity (Wildman–Crippen MR) is 72.8 cm³/mol. The van der Waals surface area contributed by atoms with Crippen LogP contribution in [0.25, 0.3) is 0 Å². The quantitative estimate of drug-likeness (QED) is 0.805. The fraction of sp³-hybridized carbons (Fsp3) is 0.400. The van der Waals surface area contributed by atoms with Gasteiger partial charge in [-0.2, -0.15) is 0 Å². The number of carbonyl (C=O) groups excluding carboxylic acids is 1. The average molecular weight is 244 g/mol. The Balaban J connectivity index is 2.01. The highest BCUT2D eigenvalue weighted by atomic mass is 16.2. The normalized spacial score (nSPS) is 14.9. The summed E-state index contributed by atoms with van der Waals surface area (Å²) < 4.78 is 0. The first-order valence-electron chi connectivity index (χ1n) is 6.49. The molecule has 3 heteroatoms. The van der Waals surface area contributed by atoms with Crippen LogP contribution in [0.4, 0.5) is 0 Å². The fourth-order valence-electron chi connectivity index (χ4n) is 2.30. The van der Waals surface area contributed by atoms with Gasteiger partial charge in [0.2, 0.25) is 5.91 Å². The van der Waals surface area contributed by atoms with Crippen molar-refractivity contribution in [3.8, 4) is 0 Å². The smallest absolute Gasteiger partial charge is 0.226 e. The third kappa shape index (κ3) is 3.20. The molecule has 0 spiro atoms. The third-order valence-corrected chi connectivity index (χ3v) is 3.28. The van der Waals surface area contributed by atoms with E-state index < -0.39 is 0 Å². The van der Waals surface area contributed by atoms with Crippen LogP contribution in [0.2, 0.25) is 0 Å². The number of benzene rings is 1. The molecule has 0 heterocycles. The van der Waals surface area contributed by atoms with Gasteiger partial charge < -0.3 is 10.6 Å². The number of allylic oxidation sites excluding steroid dienone is 2. The summed E-state index contributed by atoms with van der Waals surface area (Å²) >= 11 is 0. The van der Waals surface area contributed by atoms with Gasteiger partial charge in [-0.15, -0.1) is 0 Å². The van der Waals surface area contributed by atoms with Crippen molar-refractivity contribution in [3.63, 3.8) is 0 Å². The van der Waals surface area contributed by atoms with E-state index in [2.05, 4.69) is 12.2 Å². The van der Waals surface area contributed by atoms with Crippen LogP contribution in [0.1, 0.15) is 18.4 Å². The molecule has 0 unspecified atom stereocenters. The first-order chi connectivity index (χ1) is 8.81. The van der Waals surface area contributed by atoms with Crippen LogP contribution in [0, 0.1) is 5.92 Å². The van der Waals surface area contributed by atoms with Gasteiger partial charge in [-0.25, -0.2) is 0 Å². The minimum atomic E-state index is 0.125. The summed E-state index contributed by atoms with van der Waals surface area (Å²) in [4.78, 5) is 14.3. The van der Waals surface area contributed by atoms with E-state index in [0.29, 0.717) is 19.6 Å². The minimum Gasteiger partial charge on any atom is -0.337 e. The van der Waals surface area contributed by atoms with Crippen LogP contribution in [-0.4, -0.2) is 23.9 Å². The van der Waals surface area contributed by atoms with E-state index in [4.69, 9.17) is 5.73 Å². The lowest BCUT2D eigenvalue weighted by molar-refractivity contribution is -0.135. The van der Waals surface area contributed by atoms with Gasteiger partial charge in [0.05, 0.1) is 0 Å². The van der Waals surface area contributed by atoms with Crippen molar-refractivity contribution in [2.24, 2.45) is 11.7 Å². The summed E-state index contributed by atoms with van der Waals surface area (Å²) in [6, 6.07) is 10.1. The van der Waals surface area contributed by atoms with Gasteiger partial charge >= 0.3 is 0 Å². The lowest BCUT2D eigenvalue weighted by Gasteiger charge is -2.25. The fourth-order valence-corrected chi connectivity index (χ4v) is 2.30. The van der Waals surface area contributed by atoms with Gasteiger partial charge in [0.15, 0.2) is 0 Å². The number of nitrogens with zero attached hydrogens (tertiary/aromatic N) is 1. The molecule has 0 aromatic heterocycles. The Hall–Kier alpha value is -1.61. The number of amides is 1. The number of carbonyl (C=O) groups is 1. The summed E-state index contributed by atoms with van der Waals surface area (Å²) in [6.45, 7) is 1.80. The number of hydrogen-bond acceptors (Lipinski definition) is 2. The van der Waals surface area contributed by atoms with Gasteiger partial charge in [-0.1, -0.05) is 42.5 Å². The molecule has 3 nitrogen and oxygen atoms in total. The summed E-state index contributed by atoms with van der Waals surface area (Å²) in [5, 5.41) is 0. The molecule has 1 aromatic rings. The first kappa shape index (κ1) is 12.8. The van der Waals surface area contributed by atoms with Crippen molar-refractivity contribution < 1.29 is 4.79 Å². The van der Waals surface area contributed by atoms with Gasteiger partial charge in [0, 0.05) is 25.6 Å². The molecule has 1 aliphatic carbocycles. The Morgan fingerprint density at radius 3 is 2.50 bits per heavy atom. The zero-order chi connectivity index (χ0) is 12.8. The molecule has 0 saturated carbocycles. The van der Waals surface area contributed by atoms with E-state index in [9.17, 15) is 4.79 Å². The van der Waals surface area contributed by atoms with E-state index in [-0.39, 0.29) is 11.8 Å². The van der Waals surface area contributed by atoms with E-state index in [1.54, 1.807) is 0 Å². The maximum atomic E-state index is 12.4. The summed E-state index contributed by atoms with van der Waals surface area (Å²) in [7, 11) is 0. The summed E-state index contributed by atoms with van der Waals surface area (Å²) in [5.74, 6) is 0.356. The van der Waals surface area contributed by atoms with Crippen molar-refractivity contribution >= 4 is 5.91 Å². The Morgan fingerprint density at radius 2 is 1.89 bits per heavy atom. The molecule has 0 bridgehead atoms. The molecule has 0 aliphatic heterocycles. The highest BCUT2D eigenvalue weighted by Gasteiger charge is 2.24. The second-order valence-electron chi connectivity index (χ2n) is 4.67. The predicted octanol–water partition coefficient (Wildman–Crippen LogP) is 1.94. The standard InChI is InChI=1S/C15H20N2O/c16-10-11-17(12-13-6-2-1-3-7-13)15(18)14-8-4-5-9-14/h1-7,14H,8-12,16H2. The Kier molecular flexibility index (Phi) is 4.53. The molecule has 1 amide bonds. The monoisotopic (exact) mass is 244 g/mol. The zero-order valence-corrected chi connectivity index (χ0v) is 10.6. The second-order valence-corrected chi connectivity index (χ2v) is 4.67. The van der Waals surface area contributed by atoms with Crippen molar-refractivity contribution in [1.82, 2.24) is 4.90 Å². The van der Waals surface area contributed by atoms with Crippen LogP contribution < -0.4 is 5.73 Å². The minimum absolute atomic E-state index is 0.125. The Labute approximate surface area is 108 Å². The van der Waals surface area contributed by atoms with Crippen LogP contribution in [0.15, 0.2) is 42.5 Å². The Morgan fingerprint density at radius 1 is 1.22 bits per heavy atom. The number of nitrogens with two attached hydrogens (primary N) is 1. The molecule has 2 N–H and O–H groups in total. The van der Waals surface area contributed by atoms with Crippen molar-refractivity contribution in [1.29, 1.82) is 0 Å². The SMILES string of the molecule is NCCN(Cc1ccccc1)C(=O)C1CC=CC1. The highest BCUT2D eigenvalue weighted by molar-refractivity contribution is 5.79.